The maximum Gasteiger partial charge on any atom is 0.221 e. The van der Waals surface area contributed by atoms with Crippen LogP contribution in [0.2, 0.25) is 0 Å². The summed E-state index contributed by atoms with van der Waals surface area (Å²) < 4.78 is 8.31. The van der Waals surface area contributed by atoms with Crippen molar-refractivity contribution in [1.82, 2.24) is 14.5 Å². The number of ether oxygens (including phenoxy) is 1. The SMILES string of the molecule is Cc1ccncc1-c1nc2cc(C[C@H](C(N)=O)C3CC3)cc3c2n1CCCO3. The summed E-state index contributed by atoms with van der Waals surface area (Å²) >= 11 is 0. The largest absolute Gasteiger partial charge is 0.491 e. The number of aryl methyl sites for hydroxylation is 2. The third-order valence-electron chi connectivity index (χ3n) is 5.94. The standard InChI is InChI=1S/C22H24N4O2/c1-13-5-6-24-12-17(13)22-25-18-10-14(9-16(21(23)27)15-3-4-15)11-19-20(18)26(22)7-2-8-28-19/h5-6,10-12,15-16H,2-4,7-9H2,1H3,(H2,23,27)/t16-/m0/s1. The minimum absolute atomic E-state index is 0.0995. The number of amides is 1. The molecule has 1 aliphatic heterocycles. The number of primary amides is 1. The molecule has 1 saturated carbocycles. The Labute approximate surface area is 163 Å². The first-order chi connectivity index (χ1) is 13.6. The van der Waals surface area contributed by atoms with Gasteiger partial charge in [0.15, 0.2) is 0 Å². The molecule has 0 unspecified atom stereocenters. The summed E-state index contributed by atoms with van der Waals surface area (Å²) in [6.45, 7) is 3.61. The molecule has 1 atom stereocenters. The predicted molar refractivity (Wildman–Crippen MR) is 107 cm³/mol. The highest BCUT2D eigenvalue weighted by Gasteiger charge is 2.35. The van der Waals surface area contributed by atoms with Gasteiger partial charge in [0, 0.05) is 30.4 Å². The lowest BCUT2D eigenvalue weighted by Crippen LogP contribution is -2.26. The molecule has 2 aliphatic rings. The quantitative estimate of drug-likeness (QED) is 0.741. The fourth-order valence-electron chi connectivity index (χ4n) is 4.29. The number of carbonyl (C=O) groups is 1. The van der Waals surface area contributed by atoms with E-state index in [1.165, 1.54) is 0 Å². The van der Waals surface area contributed by atoms with E-state index in [1.54, 1.807) is 6.20 Å². The molecule has 1 amide bonds. The second kappa shape index (κ2) is 6.62. The van der Waals surface area contributed by atoms with Crippen LogP contribution in [0.5, 0.6) is 5.75 Å². The molecular weight excluding hydrogens is 352 g/mol. The molecule has 2 aromatic heterocycles. The van der Waals surface area contributed by atoms with Crippen molar-refractivity contribution in [3.63, 3.8) is 0 Å². The number of nitrogens with two attached hydrogens (primary N) is 1. The van der Waals surface area contributed by atoms with Crippen molar-refractivity contribution in [1.29, 1.82) is 0 Å². The molecule has 1 aromatic carbocycles. The number of nitrogens with zero attached hydrogens (tertiary/aromatic N) is 3. The van der Waals surface area contributed by atoms with Crippen molar-refractivity contribution in [2.45, 2.75) is 39.2 Å². The molecule has 3 heterocycles. The zero-order valence-electron chi connectivity index (χ0n) is 16.0. The first-order valence-electron chi connectivity index (χ1n) is 9.98. The lowest BCUT2D eigenvalue weighted by Gasteiger charge is -2.13. The van der Waals surface area contributed by atoms with Gasteiger partial charge in [-0.1, -0.05) is 0 Å². The molecule has 1 aliphatic carbocycles. The smallest absolute Gasteiger partial charge is 0.221 e. The Bertz CT molecular complexity index is 1070. The molecule has 0 saturated heterocycles. The van der Waals surface area contributed by atoms with Gasteiger partial charge < -0.3 is 15.0 Å². The Morgan fingerprint density at radius 3 is 3.00 bits per heavy atom. The lowest BCUT2D eigenvalue weighted by molar-refractivity contribution is -0.122. The molecule has 0 radical (unpaired) electrons. The first kappa shape index (κ1) is 17.2. The van der Waals surface area contributed by atoms with E-state index in [-0.39, 0.29) is 11.8 Å². The van der Waals surface area contributed by atoms with Gasteiger partial charge in [-0.2, -0.15) is 0 Å². The number of carbonyl (C=O) groups excluding carboxylic acids is 1. The highest BCUT2D eigenvalue weighted by atomic mass is 16.5. The molecule has 144 valence electrons. The van der Waals surface area contributed by atoms with Gasteiger partial charge in [0.05, 0.1) is 12.1 Å². The van der Waals surface area contributed by atoms with E-state index in [9.17, 15) is 4.79 Å². The number of hydrogen-bond acceptors (Lipinski definition) is 4. The van der Waals surface area contributed by atoms with Crippen LogP contribution in [-0.2, 0) is 17.8 Å². The van der Waals surface area contributed by atoms with Gasteiger partial charge in [0.1, 0.15) is 17.1 Å². The summed E-state index contributed by atoms with van der Waals surface area (Å²) in [6, 6.07) is 6.18. The molecule has 6 heteroatoms. The average Bonchev–Trinajstić information content (AvgIpc) is 3.47. The summed E-state index contributed by atoms with van der Waals surface area (Å²) in [4.78, 5) is 21.2. The second-order valence-electron chi connectivity index (χ2n) is 7.99. The third kappa shape index (κ3) is 2.93. The number of benzene rings is 1. The maximum atomic E-state index is 11.9. The first-order valence-corrected chi connectivity index (χ1v) is 9.98. The summed E-state index contributed by atoms with van der Waals surface area (Å²) in [5, 5.41) is 0. The van der Waals surface area contributed by atoms with Crippen molar-refractivity contribution in [3.8, 4) is 17.1 Å². The van der Waals surface area contributed by atoms with Crippen molar-refractivity contribution >= 4 is 16.9 Å². The van der Waals surface area contributed by atoms with Crippen LogP contribution in [-0.4, -0.2) is 27.0 Å². The monoisotopic (exact) mass is 376 g/mol. The van der Waals surface area contributed by atoms with Gasteiger partial charge in [0.2, 0.25) is 5.91 Å². The van der Waals surface area contributed by atoms with Crippen LogP contribution in [0.25, 0.3) is 22.4 Å². The average molecular weight is 376 g/mol. The van der Waals surface area contributed by atoms with Crippen molar-refractivity contribution in [2.75, 3.05) is 6.61 Å². The molecular formula is C22H24N4O2. The number of imidazole rings is 1. The highest BCUT2D eigenvalue weighted by Crippen LogP contribution is 2.40. The van der Waals surface area contributed by atoms with E-state index < -0.39 is 0 Å². The zero-order chi connectivity index (χ0) is 19.3. The van der Waals surface area contributed by atoms with Crippen molar-refractivity contribution in [2.24, 2.45) is 17.6 Å². The normalized spacial score (nSPS) is 17.2. The Hall–Kier alpha value is -2.89. The van der Waals surface area contributed by atoms with Crippen LogP contribution in [0, 0.1) is 18.8 Å². The van der Waals surface area contributed by atoms with Crippen molar-refractivity contribution < 1.29 is 9.53 Å². The van der Waals surface area contributed by atoms with E-state index in [4.69, 9.17) is 15.5 Å². The fraction of sp³-hybridized carbons (Fsp3) is 0.409. The number of pyridine rings is 1. The van der Waals surface area contributed by atoms with Gasteiger partial charge in [-0.25, -0.2) is 4.98 Å². The van der Waals surface area contributed by atoms with E-state index in [2.05, 4.69) is 28.6 Å². The summed E-state index contributed by atoms with van der Waals surface area (Å²) in [6.07, 6.45) is 7.45. The molecule has 5 rings (SSSR count). The van der Waals surface area contributed by atoms with Crippen LogP contribution in [0.15, 0.2) is 30.6 Å². The summed E-state index contributed by atoms with van der Waals surface area (Å²) in [5.74, 6) is 1.91. The summed E-state index contributed by atoms with van der Waals surface area (Å²) in [7, 11) is 0. The minimum atomic E-state index is -0.202. The number of hydrogen-bond donors (Lipinski definition) is 1. The number of aromatic nitrogens is 3. The molecule has 0 spiro atoms. The van der Waals surface area contributed by atoms with Gasteiger partial charge in [-0.3, -0.25) is 9.78 Å². The molecule has 2 N–H and O–H groups in total. The molecule has 28 heavy (non-hydrogen) atoms. The molecule has 1 fully saturated rings. The predicted octanol–water partition coefficient (Wildman–Crippen LogP) is 3.24. The van der Waals surface area contributed by atoms with Gasteiger partial charge in [-0.15, -0.1) is 0 Å². The van der Waals surface area contributed by atoms with Gasteiger partial charge in [0.25, 0.3) is 0 Å². The third-order valence-corrected chi connectivity index (χ3v) is 5.94. The van der Waals surface area contributed by atoms with E-state index in [0.29, 0.717) is 18.9 Å². The number of rotatable bonds is 5. The Balaban J connectivity index is 1.64. The topological polar surface area (TPSA) is 83.0 Å². The molecule has 6 nitrogen and oxygen atoms in total. The maximum absolute atomic E-state index is 11.9. The van der Waals surface area contributed by atoms with E-state index in [0.717, 1.165) is 65.1 Å². The van der Waals surface area contributed by atoms with Crippen LogP contribution in [0.1, 0.15) is 30.4 Å². The van der Waals surface area contributed by atoms with Gasteiger partial charge in [-0.05, 0) is 67.9 Å². The Morgan fingerprint density at radius 1 is 1.39 bits per heavy atom. The van der Waals surface area contributed by atoms with Crippen LogP contribution < -0.4 is 10.5 Å². The van der Waals surface area contributed by atoms with Crippen LogP contribution >= 0.6 is 0 Å². The van der Waals surface area contributed by atoms with Crippen LogP contribution in [0.3, 0.4) is 0 Å². The van der Waals surface area contributed by atoms with E-state index >= 15 is 0 Å². The second-order valence-corrected chi connectivity index (χ2v) is 7.99. The highest BCUT2D eigenvalue weighted by molar-refractivity contribution is 5.87. The van der Waals surface area contributed by atoms with E-state index in [1.807, 2.05) is 12.3 Å². The van der Waals surface area contributed by atoms with Crippen molar-refractivity contribution in [3.05, 3.63) is 41.7 Å². The lowest BCUT2D eigenvalue weighted by atomic mass is 9.94. The summed E-state index contributed by atoms with van der Waals surface area (Å²) in [5.41, 5.74) is 10.9. The Morgan fingerprint density at radius 2 is 2.25 bits per heavy atom. The zero-order valence-corrected chi connectivity index (χ0v) is 16.0. The fourth-order valence-corrected chi connectivity index (χ4v) is 4.29. The molecule has 0 bridgehead atoms. The van der Waals surface area contributed by atoms with Crippen LogP contribution in [0.4, 0.5) is 0 Å². The molecule has 3 aromatic rings. The Kier molecular flexibility index (Phi) is 4.07. The van der Waals surface area contributed by atoms with Gasteiger partial charge >= 0.3 is 0 Å². The minimum Gasteiger partial charge on any atom is -0.491 e.